The average molecular weight is 397 g/mol. The van der Waals surface area contributed by atoms with E-state index in [0.29, 0.717) is 43.0 Å². The van der Waals surface area contributed by atoms with E-state index in [2.05, 4.69) is 0 Å². The van der Waals surface area contributed by atoms with Gasteiger partial charge in [0.05, 0.1) is 10.6 Å². The maximum absolute atomic E-state index is 14.3. The molecule has 3 rings (SSSR count). The standard InChI is InChI=1S/C21H20FN3O4/c1-15(26)17-5-8-20(19(22)14-17)23-10-12-24(13-11-23)21(27)9-4-16-2-6-18(7-3-16)25(28)29/h2-9,14H,10-13H2,1H3/b9-4+. The molecule has 1 fully saturated rings. The van der Waals surface area contributed by atoms with Gasteiger partial charge in [0, 0.05) is 50.0 Å². The number of piperazine rings is 1. The van der Waals surface area contributed by atoms with Gasteiger partial charge in [-0.2, -0.15) is 0 Å². The number of nitrogens with zero attached hydrogens (tertiary/aromatic N) is 3. The molecule has 0 aliphatic carbocycles. The molecule has 0 saturated carbocycles. The first-order valence-corrected chi connectivity index (χ1v) is 9.12. The highest BCUT2D eigenvalue weighted by atomic mass is 19.1. The summed E-state index contributed by atoms with van der Waals surface area (Å²) in [5.41, 5.74) is 1.43. The topological polar surface area (TPSA) is 83.8 Å². The molecule has 1 heterocycles. The number of hydrogen-bond acceptors (Lipinski definition) is 5. The molecule has 0 aromatic heterocycles. The van der Waals surface area contributed by atoms with E-state index in [1.165, 1.54) is 31.2 Å². The summed E-state index contributed by atoms with van der Waals surface area (Å²) < 4.78 is 14.3. The lowest BCUT2D eigenvalue weighted by molar-refractivity contribution is -0.384. The summed E-state index contributed by atoms with van der Waals surface area (Å²) in [6.45, 7) is 3.23. The minimum absolute atomic E-state index is 0.00633. The van der Waals surface area contributed by atoms with E-state index in [0.717, 1.165) is 0 Å². The monoisotopic (exact) mass is 397 g/mol. The molecule has 0 atom stereocenters. The number of ketones is 1. The van der Waals surface area contributed by atoms with Crippen LogP contribution in [0.5, 0.6) is 0 Å². The normalized spacial score (nSPS) is 14.3. The van der Waals surface area contributed by atoms with Crippen LogP contribution < -0.4 is 4.90 Å². The van der Waals surface area contributed by atoms with Gasteiger partial charge in [-0.15, -0.1) is 0 Å². The van der Waals surface area contributed by atoms with Crippen LogP contribution in [0.3, 0.4) is 0 Å². The van der Waals surface area contributed by atoms with E-state index in [1.807, 2.05) is 4.90 Å². The first-order valence-electron chi connectivity index (χ1n) is 9.12. The molecular weight excluding hydrogens is 377 g/mol. The van der Waals surface area contributed by atoms with Crippen LogP contribution in [0.25, 0.3) is 6.08 Å². The number of Topliss-reactive ketones (excluding diaryl/α,β-unsaturated/α-hetero) is 1. The van der Waals surface area contributed by atoms with Gasteiger partial charge in [0.1, 0.15) is 5.82 Å². The number of halogens is 1. The molecule has 0 N–H and O–H groups in total. The van der Waals surface area contributed by atoms with Crippen molar-refractivity contribution in [2.45, 2.75) is 6.92 Å². The molecule has 1 aliphatic rings. The first-order chi connectivity index (χ1) is 13.8. The van der Waals surface area contributed by atoms with Gasteiger partial charge in [-0.25, -0.2) is 4.39 Å². The number of amides is 1. The third-order valence-electron chi connectivity index (χ3n) is 4.81. The second kappa shape index (κ2) is 8.64. The molecule has 29 heavy (non-hydrogen) atoms. The zero-order valence-corrected chi connectivity index (χ0v) is 15.9. The van der Waals surface area contributed by atoms with Gasteiger partial charge in [0.15, 0.2) is 5.78 Å². The lowest BCUT2D eigenvalue weighted by Gasteiger charge is -2.35. The Morgan fingerprint density at radius 1 is 1.07 bits per heavy atom. The molecule has 0 radical (unpaired) electrons. The molecule has 0 spiro atoms. The van der Waals surface area contributed by atoms with Crippen molar-refractivity contribution < 1.29 is 18.9 Å². The predicted molar refractivity (Wildman–Crippen MR) is 107 cm³/mol. The summed E-state index contributed by atoms with van der Waals surface area (Å²) in [6.07, 6.45) is 3.04. The van der Waals surface area contributed by atoms with Gasteiger partial charge in [-0.3, -0.25) is 19.7 Å². The van der Waals surface area contributed by atoms with Crippen LogP contribution in [0.2, 0.25) is 0 Å². The summed E-state index contributed by atoms with van der Waals surface area (Å²) >= 11 is 0. The van der Waals surface area contributed by atoms with Gasteiger partial charge < -0.3 is 9.80 Å². The molecule has 2 aromatic rings. The number of nitro groups is 1. The zero-order valence-electron chi connectivity index (χ0n) is 15.9. The van der Waals surface area contributed by atoms with Crippen molar-refractivity contribution in [3.05, 3.63) is 75.6 Å². The molecule has 150 valence electrons. The van der Waals surface area contributed by atoms with Crippen molar-refractivity contribution in [1.29, 1.82) is 0 Å². The number of benzene rings is 2. The second-order valence-electron chi connectivity index (χ2n) is 6.72. The van der Waals surface area contributed by atoms with Crippen LogP contribution in [0.15, 0.2) is 48.5 Å². The van der Waals surface area contributed by atoms with Crippen molar-refractivity contribution in [2.24, 2.45) is 0 Å². The highest BCUT2D eigenvalue weighted by Gasteiger charge is 2.22. The van der Waals surface area contributed by atoms with E-state index in [4.69, 9.17) is 0 Å². The minimum atomic E-state index is -0.478. The highest BCUT2D eigenvalue weighted by Crippen LogP contribution is 2.22. The van der Waals surface area contributed by atoms with Crippen molar-refractivity contribution in [2.75, 3.05) is 31.1 Å². The Kier molecular flexibility index (Phi) is 6.01. The molecule has 2 aromatic carbocycles. The van der Waals surface area contributed by atoms with E-state index in [1.54, 1.807) is 35.2 Å². The average Bonchev–Trinajstić information content (AvgIpc) is 2.72. The third-order valence-corrected chi connectivity index (χ3v) is 4.81. The van der Waals surface area contributed by atoms with Gasteiger partial charge in [0.2, 0.25) is 5.91 Å². The lowest BCUT2D eigenvalue weighted by atomic mass is 10.1. The van der Waals surface area contributed by atoms with Crippen LogP contribution in [0.4, 0.5) is 15.8 Å². The Labute approximate surface area is 167 Å². The number of rotatable bonds is 5. The van der Waals surface area contributed by atoms with Crippen LogP contribution in [0, 0.1) is 15.9 Å². The number of carbonyl (C=O) groups excluding carboxylic acids is 2. The van der Waals surface area contributed by atoms with Crippen LogP contribution in [0.1, 0.15) is 22.8 Å². The maximum atomic E-state index is 14.3. The lowest BCUT2D eigenvalue weighted by Crippen LogP contribution is -2.48. The van der Waals surface area contributed by atoms with E-state index < -0.39 is 10.7 Å². The van der Waals surface area contributed by atoms with Crippen LogP contribution in [-0.2, 0) is 4.79 Å². The Morgan fingerprint density at radius 3 is 2.28 bits per heavy atom. The Bertz CT molecular complexity index is 964. The summed E-state index contributed by atoms with van der Waals surface area (Å²) in [5, 5.41) is 10.7. The molecule has 7 nitrogen and oxygen atoms in total. The van der Waals surface area contributed by atoms with Gasteiger partial charge in [-0.05, 0) is 48.9 Å². The number of carbonyl (C=O) groups is 2. The maximum Gasteiger partial charge on any atom is 0.269 e. The van der Waals surface area contributed by atoms with Gasteiger partial charge >= 0.3 is 0 Å². The SMILES string of the molecule is CC(=O)c1ccc(N2CCN(C(=O)/C=C/c3ccc([N+](=O)[O-])cc3)CC2)c(F)c1. The van der Waals surface area contributed by atoms with E-state index in [9.17, 15) is 24.1 Å². The molecular formula is C21H20FN3O4. The number of non-ortho nitro benzene ring substituents is 1. The van der Waals surface area contributed by atoms with Crippen molar-refractivity contribution in [3.8, 4) is 0 Å². The summed E-state index contributed by atoms with van der Waals surface area (Å²) in [4.78, 5) is 37.4. The van der Waals surface area contributed by atoms with Crippen molar-refractivity contribution in [3.63, 3.8) is 0 Å². The fourth-order valence-corrected chi connectivity index (χ4v) is 3.13. The Hall–Kier alpha value is -3.55. The van der Waals surface area contributed by atoms with Crippen molar-refractivity contribution in [1.82, 2.24) is 4.90 Å². The third kappa shape index (κ3) is 4.84. The minimum Gasteiger partial charge on any atom is -0.366 e. The molecule has 0 bridgehead atoms. The summed E-state index contributed by atoms with van der Waals surface area (Å²) in [6, 6.07) is 10.4. The molecule has 1 amide bonds. The smallest absolute Gasteiger partial charge is 0.269 e. The molecule has 8 heteroatoms. The fraction of sp³-hybridized carbons (Fsp3) is 0.238. The molecule has 1 saturated heterocycles. The highest BCUT2D eigenvalue weighted by molar-refractivity contribution is 5.94. The van der Waals surface area contributed by atoms with E-state index >= 15 is 0 Å². The largest absolute Gasteiger partial charge is 0.366 e. The zero-order chi connectivity index (χ0) is 21.0. The van der Waals surface area contributed by atoms with Crippen LogP contribution >= 0.6 is 0 Å². The summed E-state index contributed by atoms with van der Waals surface area (Å²) in [7, 11) is 0. The Balaban J connectivity index is 1.58. The van der Waals surface area contributed by atoms with E-state index in [-0.39, 0.29) is 17.4 Å². The number of anilines is 1. The quantitative estimate of drug-likeness (QED) is 0.335. The fourth-order valence-electron chi connectivity index (χ4n) is 3.13. The van der Waals surface area contributed by atoms with Crippen molar-refractivity contribution >= 4 is 29.1 Å². The number of hydrogen-bond donors (Lipinski definition) is 0. The molecule has 0 unspecified atom stereocenters. The Morgan fingerprint density at radius 2 is 1.72 bits per heavy atom. The number of nitro benzene ring substituents is 1. The predicted octanol–water partition coefficient (Wildman–Crippen LogP) is 3.30. The molecule has 1 aliphatic heterocycles. The van der Waals surface area contributed by atoms with Gasteiger partial charge in [0.25, 0.3) is 5.69 Å². The van der Waals surface area contributed by atoms with Gasteiger partial charge in [-0.1, -0.05) is 0 Å². The van der Waals surface area contributed by atoms with Crippen LogP contribution in [-0.4, -0.2) is 47.7 Å². The summed E-state index contributed by atoms with van der Waals surface area (Å²) in [5.74, 6) is -0.809. The second-order valence-corrected chi connectivity index (χ2v) is 6.72. The first kappa shape index (κ1) is 20.2.